The topological polar surface area (TPSA) is 69.8 Å². The number of epoxide rings is 2. The van der Waals surface area contributed by atoms with Crippen LogP contribution in [-0.2, 0) is 18.9 Å². The van der Waals surface area contributed by atoms with E-state index in [-0.39, 0.29) is 0 Å². The van der Waals surface area contributed by atoms with Gasteiger partial charge >= 0.3 is 5.97 Å². The van der Waals surface area contributed by atoms with Gasteiger partial charge in [0.25, 0.3) is 0 Å². The number of benzene rings is 2. The van der Waals surface area contributed by atoms with Gasteiger partial charge in [-0.2, -0.15) is 0 Å². The summed E-state index contributed by atoms with van der Waals surface area (Å²) in [5.41, 5.74) is 2.18. The third-order valence-electron chi connectivity index (χ3n) is 9.43. The van der Waals surface area contributed by atoms with Crippen LogP contribution in [0.5, 0.6) is 5.75 Å². The standard InChI is InChI=1S/C45H62O6/c46-45(41-29-25-39(26-30-41)21-19-35-47-33-17-13-9-5-1-3-7-11-15-23-43-37-49-43)51-42-31-27-40(28-32-42)22-20-36-48-34-18-14-10-6-2-4-8-12-16-24-44-38-50-44/h25-32,43-44H,1-18,23-24,33-38H2. The van der Waals surface area contributed by atoms with Crippen LogP contribution in [0.1, 0.15) is 150 Å². The number of carbonyl (C=O) groups excluding carboxylic acids is 1. The highest BCUT2D eigenvalue weighted by Crippen LogP contribution is 2.20. The van der Waals surface area contributed by atoms with Gasteiger partial charge in [-0.25, -0.2) is 4.79 Å². The number of ether oxygens (including phenoxy) is 5. The number of hydrogen-bond donors (Lipinski definition) is 0. The van der Waals surface area contributed by atoms with E-state index in [0.29, 0.717) is 36.7 Å². The molecule has 2 saturated heterocycles. The fraction of sp³-hybridized carbons (Fsp3) is 0.622. The molecule has 6 nitrogen and oxygen atoms in total. The van der Waals surface area contributed by atoms with Crippen molar-refractivity contribution in [3.8, 4) is 29.4 Å². The quantitative estimate of drug-likeness (QED) is 0.0290. The molecule has 0 spiro atoms. The molecule has 0 aliphatic carbocycles. The number of esters is 1. The van der Waals surface area contributed by atoms with E-state index in [4.69, 9.17) is 23.7 Å². The molecule has 2 aromatic carbocycles. The van der Waals surface area contributed by atoms with Gasteiger partial charge in [-0.15, -0.1) is 0 Å². The SMILES string of the molecule is O=C(Oc1ccc(C#CCOCCCCCCCCCCCC2CO2)cc1)c1ccc(C#CCOCCCCCCCCCCCC2CO2)cc1. The third kappa shape index (κ3) is 21.1. The Morgan fingerprint density at radius 2 is 0.902 bits per heavy atom. The predicted molar refractivity (Wildman–Crippen MR) is 205 cm³/mol. The Labute approximate surface area is 308 Å². The molecule has 278 valence electrons. The van der Waals surface area contributed by atoms with Crippen LogP contribution in [0.4, 0.5) is 0 Å². The van der Waals surface area contributed by atoms with Crippen LogP contribution in [0.25, 0.3) is 0 Å². The van der Waals surface area contributed by atoms with Crippen LogP contribution in [0.15, 0.2) is 48.5 Å². The van der Waals surface area contributed by atoms with Crippen molar-refractivity contribution < 1.29 is 28.5 Å². The van der Waals surface area contributed by atoms with Crippen molar-refractivity contribution >= 4 is 5.97 Å². The van der Waals surface area contributed by atoms with Crippen molar-refractivity contribution in [1.29, 1.82) is 0 Å². The first-order valence-corrected chi connectivity index (χ1v) is 20.0. The molecule has 2 aliphatic rings. The number of rotatable bonds is 28. The molecular weight excluding hydrogens is 636 g/mol. The van der Waals surface area contributed by atoms with Crippen LogP contribution < -0.4 is 4.74 Å². The fourth-order valence-electron chi connectivity index (χ4n) is 6.08. The van der Waals surface area contributed by atoms with Crippen LogP contribution in [-0.4, -0.2) is 57.8 Å². The molecule has 2 fully saturated rings. The van der Waals surface area contributed by atoms with Gasteiger partial charge < -0.3 is 23.7 Å². The Hall–Kier alpha value is -3.13. The minimum atomic E-state index is -0.403. The summed E-state index contributed by atoms with van der Waals surface area (Å²) in [6.07, 6.45) is 27.1. The minimum absolute atomic E-state index is 0.403. The zero-order valence-electron chi connectivity index (χ0n) is 31.1. The van der Waals surface area contributed by atoms with Crippen molar-refractivity contribution in [2.75, 3.05) is 39.6 Å². The van der Waals surface area contributed by atoms with Gasteiger partial charge in [0.15, 0.2) is 0 Å². The normalized spacial score (nSPS) is 15.8. The van der Waals surface area contributed by atoms with Gasteiger partial charge in [-0.3, -0.25) is 0 Å². The van der Waals surface area contributed by atoms with E-state index in [1.807, 2.05) is 24.3 Å². The highest BCUT2D eigenvalue weighted by Gasteiger charge is 2.21. The lowest BCUT2D eigenvalue weighted by Gasteiger charge is -2.04. The first kappa shape index (κ1) is 40.6. The summed E-state index contributed by atoms with van der Waals surface area (Å²) < 4.78 is 27.4. The van der Waals surface area contributed by atoms with E-state index in [0.717, 1.165) is 50.4 Å². The summed E-state index contributed by atoms with van der Waals surface area (Å²) >= 11 is 0. The number of hydrogen-bond acceptors (Lipinski definition) is 6. The Morgan fingerprint density at radius 3 is 1.31 bits per heavy atom. The van der Waals surface area contributed by atoms with Crippen molar-refractivity contribution in [3.05, 3.63) is 65.2 Å². The minimum Gasteiger partial charge on any atom is -0.423 e. The largest absolute Gasteiger partial charge is 0.423 e. The summed E-state index contributed by atoms with van der Waals surface area (Å²) in [6, 6.07) is 14.4. The van der Waals surface area contributed by atoms with Gasteiger partial charge in [-0.1, -0.05) is 126 Å². The first-order chi connectivity index (χ1) is 25.3. The van der Waals surface area contributed by atoms with E-state index in [9.17, 15) is 4.79 Å². The molecule has 2 heterocycles. The summed E-state index contributed by atoms with van der Waals surface area (Å²) in [7, 11) is 0. The van der Waals surface area contributed by atoms with Crippen LogP contribution >= 0.6 is 0 Å². The summed E-state index contributed by atoms with van der Waals surface area (Å²) in [5.74, 6) is 12.4. The number of unbranched alkanes of at least 4 members (excludes halogenated alkanes) is 16. The molecule has 0 amide bonds. The van der Waals surface area contributed by atoms with Crippen molar-refractivity contribution in [2.45, 2.75) is 141 Å². The lowest BCUT2D eigenvalue weighted by atomic mass is 10.1. The molecule has 0 radical (unpaired) electrons. The molecule has 2 unspecified atom stereocenters. The van der Waals surface area contributed by atoms with E-state index in [1.54, 1.807) is 24.3 Å². The second kappa shape index (κ2) is 26.6. The van der Waals surface area contributed by atoms with Crippen LogP contribution in [0.3, 0.4) is 0 Å². The monoisotopic (exact) mass is 698 g/mol. The van der Waals surface area contributed by atoms with Gasteiger partial charge in [0.05, 0.1) is 31.0 Å². The average molecular weight is 699 g/mol. The van der Waals surface area contributed by atoms with E-state index >= 15 is 0 Å². The Balaban J connectivity index is 0.947. The predicted octanol–water partition coefficient (Wildman–Crippen LogP) is 10.2. The molecule has 4 rings (SSSR count). The first-order valence-electron chi connectivity index (χ1n) is 20.0. The zero-order valence-corrected chi connectivity index (χ0v) is 31.1. The third-order valence-corrected chi connectivity index (χ3v) is 9.43. The lowest BCUT2D eigenvalue weighted by molar-refractivity contribution is 0.0734. The average Bonchev–Trinajstić information content (AvgIpc) is 4.09. The molecule has 51 heavy (non-hydrogen) atoms. The Morgan fingerprint density at radius 1 is 0.529 bits per heavy atom. The Bertz CT molecular complexity index is 1320. The van der Waals surface area contributed by atoms with Crippen molar-refractivity contribution in [2.24, 2.45) is 0 Å². The zero-order chi connectivity index (χ0) is 35.4. The smallest absolute Gasteiger partial charge is 0.343 e. The molecule has 2 atom stereocenters. The fourth-order valence-corrected chi connectivity index (χ4v) is 6.08. The molecule has 2 aromatic rings. The van der Waals surface area contributed by atoms with Crippen LogP contribution in [0, 0.1) is 23.7 Å². The van der Waals surface area contributed by atoms with Gasteiger partial charge in [0.1, 0.15) is 19.0 Å². The van der Waals surface area contributed by atoms with E-state index < -0.39 is 5.97 Å². The maximum absolute atomic E-state index is 12.6. The van der Waals surface area contributed by atoms with Gasteiger partial charge in [0.2, 0.25) is 0 Å². The second-order valence-corrected chi connectivity index (χ2v) is 14.1. The summed E-state index contributed by atoms with van der Waals surface area (Å²) in [5, 5.41) is 0. The molecule has 6 heteroatoms. The Kier molecular flexibility index (Phi) is 21.2. The molecule has 0 N–H and O–H groups in total. The maximum atomic E-state index is 12.6. The van der Waals surface area contributed by atoms with E-state index in [1.165, 1.54) is 116 Å². The molecule has 0 bridgehead atoms. The summed E-state index contributed by atoms with van der Waals surface area (Å²) in [4.78, 5) is 12.6. The van der Waals surface area contributed by atoms with Crippen LogP contribution in [0.2, 0.25) is 0 Å². The highest BCUT2D eigenvalue weighted by molar-refractivity contribution is 5.91. The van der Waals surface area contributed by atoms with Crippen molar-refractivity contribution in [1.82, 2.24) is 0 Å². The lowest BCUT2D eigenvalue weighted by Crippen LogP contribution is -2.08. The molecular formula is C45H62O6. The van der Waals surface area contributed by atoms with Crippen molar-refractivity contribution in [3.63, 3.8) is 0 Å². The highest BCUT2D eigenvalue weighted by atomic mass is 16.6. The van der Waals surface area contributed by atoms with E-state index in [2.05, 4.69) is 23.7 Å². The summed E-state index contributed by atoms with van der Waals surface area (Å²) in [6.45, 7) is 4.34. The second-order valence-electron chi connectivity index (χ2n) is 14.1. The molecule has 0 aromatic heterocycles. The van der Waals surface area contributed by atoms with Gasteiger partial charge in [-0.05, 0) is 74.2 Å². The van der Waals surface area contributed by atoms with Gasteiger partial charge in [0, 0.05) is 24.3 Å². The number of carbonyl (C=O) groups is 1. The molecule has 2 aliphatic heterocycles. The maximum Gasteiger partial charge on any atom is 0.343 e. The molecule has 0 saturated carbocycles.